The van der Waals surface area contributed by atoms with Crippen molar-refractivity contribution < 1.29 is 28.7 Å². The number of aromatic nitrogens is 4. The Hall–Kier alpha value is -5.66. The summed E-state index contributed by atoms with van der Waals surface area (Å²) in [5, 5.41) is 5.49. The molecule has 6 atom stereocenters. The third-order valence-corrected chi connectivity index (χ3v) is 13.1. The molecule has 8 rings (SSSR count). The molecular formula is C45H56N8O6. The molecule has 4 heterocycles. The molecule has 4 amide bonds. The van der Waals surface area contributed by atoms with Gasteiger partial charge < -0.3 is 39.9 Å². The number of methoxy groups -OCH3 is 2. The van der Waals surface area contributed by atoms with Gasteiger partial charge in [-0.2, -0.15) is 0 Å². The number of allylic oxidation sites excluding steroid dienone is 1. The van der Waals surface area contributed by atoms with E-state index in [-0.39, 0.29) is 35.6 Å². The minimum Gasteiger partial charge on any atom is -0.453 e. The van der Waals surface area contributed by atoms with Crippen LogP contribution < -0.4 is 10.6 Å². The number of benzene rings is 2. The third kappa shape index (κ3) is 7.35. The molecule has 0 spiro atoms. The lowest BCUT2D eigenvalue weighted by Gasteiger charge is -2.40. The van der Waals surface area contributed by atoms with Gasteiger partial charge in [-0.25, -0.2) is 19.6 Å². The van der Waals surface area contributed by atoms with Gasteiger partial charge in [0.2, 0.25) is 11.8 Å². The summed E-state index contributed by atoms with van der Waals surface area (Å²) in [6.07, 6.45) is 8.17. The van der Waals surface area contributed by atoms with Crippen LogP contribution in [0.4, 0.5) is 9.59 Å². The van der Waals surface area contributed by atoms with Gasteiger partial charge in [0.05, 0.1) is 43.2 Å². The van der Waals surface area contributed by atoms with Crippen molar-refractivity contribution in [3.05, 3.63) is 70.9 Å². The number of nitrogens with one attached hydrogen (secondary N) is 4. The number of carbonyl (C=O) groups is 4. The first-order chi connectivity index (χ1) is 28.3. The number of likely N-dealkylation sites (tertiary alicyclic amines) is 2. The number of aromatic amines is 2. The number of fused-ring (bicyclic) bond motifs is 4. The number of nitrogens with zero attached hydrogens (tertiary/aromatic N) is 4. The normalized spacial score (nSPS) is 23.3. The average molecular weight is 805 g/mol. The van der Waals surface area contributed by atoms with E-state index in [1.165, 1.54) is 30.9 Å². The minimum atomic E-state index is -0.688. The maximum absolute atomic E-state index is 14.0. The van der Waals surface area contributed by atoms with Crippen molar-refractivity contribution >= 4 is 46.7 Å². The van der Waals surface area contributed by atoms with Gasteiger partial charge >= 0.3 is 12.2 Å². The van der Waals surface area contributed by atoms with Gasteiger partial charge in [0.1, 0.15) is 29.3 Å². The first-order valence-electron chi connectivity index (χ1n) is 21.0. The van der Waals surface area contributed by atoms with Gasteiger partial charge in [-0.05, 0) is 108 Å². The number of piperidine rings is 1. The second-order valence-electron chi connectivity index (χ2n) is 17.6. The molecule has 59 heavy (non-hydrogen) atoms. The third-order valence-electron chi connectivity index (χ3n) is 13.1. The van der Waals surface area contributed by atoms with E-state index in [0.29, 0.717) is 19.0 Å². The highest BCUT2D eigenvalue weighted by Crippen LogP contribution is 2.52. The minimum absolute atomic E-state index is 0.0957. The first-order valence-corrected chi connectivity index (χ1v) is 21.0. The Kier molecular flexibility index (Phi) is 10.8. The van der Waals surface area contributed by atoms with Gasteiger partial charge in [-0.15, -0.1) is 0 Å². The van der Waals surface area contributed by atoms with Crippen LogP contribution in [0, 0.1) is 23.7 Å². The topological polar surface area (TPSA) is 175 Å². The van der Waals surface area contributed by atoms with E-state index in [2.05, 4.69) is 63.9 Å². The Morgan fingerprint density at radius 2 is 1.61 bits per heavy atom. The highest BCUT2D eigenvalue weighted by Gasteiger charge is 2.56. The van der Waals surface area contributed by atoms with Crippen LogP contribution in [0.3, 0.4) is 0 Å². The summed E-state index contributed by atoms with van der Waals surface area (Å²) in [5.41, 5.74) is 8.01. The second kappa shape index (κ2) is 15.8. The van der Waals surface area contributed by atoms with Crippen molar-refractivity contribution in [3.8, 4) is 11.3 Å². The van der Waals surface area contributed by atoms with Crippen molar-refractivity contribution in [1.29, 1.82) is 0 Å². The fourth-order valence-corrected chi connectivity index (χ4v) is 9.94. The molecule has 3 fully saturated rings. The van der Waals surface area contributed by atoms with Crippen molar-refractivity contribution in [2.45, 2.75) is 96.8 Å². The SMILES string of the molecule is COC(=O)N[C@H](C(=O)N1CCC[C@H]1c1nc2ccc(C3=Cc4ccc(-c5cnc(C67CCC(CN6C(=O)[C@@H](NC(=O)OC)C(C)C)C7)[nH]5)cc4CC3C)cc2[nH]1)C(C)C. The van der Waals surface area contributed by atoms with Crippen LogP contribution in [0.15, 0.2) is 42.6 Å². The summed E-state index contributed by atoms with van der Waals surface area (Å²) in [4.78, 5) is 72.7. The summed E-state index contributed by atoms with van der Waals surface area (Å²) in [6.45, 7) is 11.2. The molecule has 4 aliphatic rings. The van der Waals surface area contributed by atoms with Crippen LogP contribution in [-0.4, -0.2) is 93.1 Å². The smallest absolute Gasteiger partial charge is 0.407 e. The first kappa shape index (κ1) is 40.1. The van der Waals surface area contributed by atoms with Gasteiger partial charge in [0.25, 0.3) is 0 Å². The molecule has 2 bridgehead atoms. The van der Waals surface area contributed by atoms with Crippen molar-refractivity contribution in [2.24, 2.45) is 23.7 Å². The Morgan fingerprint density at radius 3 is 2.31 bits per heavy atom. The van der Waals surface area contributed by atoms with Crippen molar-refractivity contribution in [3.63, 3.8) is 0 Å². The van der Waals surface area contributed by atoms with Crippen LogP contribution in [0.25, 0.3) is 33.9 Å². The average Bonchev–Trinajstić information content (AvgIpc) is 4.08. The zero-order valence-electron chi connectivity index (χ0n) is 35.1. The van der Waals surface area contributed by atoms with Crippen LogP contribution in [-0.2, 0) is 31.0 Å². The molecule has 14 nitrogen and oxygen atoms in total. The summed E-state index contributed by atoms with van der Waals surface area (Å²) in [5.74, 6) is 1.78. The van der Waals surface area contributed by atoms with E-state index >= 15 is 0 Å². The van der Waals surface area contributed by atoms with E-state index in [4.69, 9.17) is 19.4 Å². The molecule has 312 valence electrons. The molecule has 4 aromatic rings. The van der Waals surface area contributed by atoms with Gasteiger partial charge in [0, 0.05) is 13.1 Å². The molecule has 2 saturated heterocycles. The molecule has 14 heteroatoms. The molecule has 2 aromatic carbocycles. The molecule has 4 N–H and O–H groups in total. The van der Waals surface area contributed by atoms with Gasteiger partial charge in [-0.1, -0.05) is 58.9 Å². The Labute approximate surface area is 344 Å². The number of rotatable bonds is 10. The predicted octanol–water partition coefficient (Wildman–Crippen LogP) is 6.95. The molecule has 3 unspecified atom stereocenters. The summed E-state index contributed by atoms with van der Waals surface area (Å²) >= 11 is 0. The maximum Gasteiger partial charge on any atom is 0.407 e. The standard InChI is InChI=1S/C45H56N8O6/c1-24(2)37(50-43(56)58-6)40(54)52-16-8-9-36(52)39-47-33-13-12-29(20-34(33)48-39)32-19-28-10-11-30(18-31(28)17-26(32)5)35-22-46-42(49-35)45-15-14-27(21-45)23-53(45)41(55)38(25(3)4)51-44(57)59-7/h10-13,18-20,22,24-27,36-38H,8-9,14-17,21,23H2,1-7H3,(H,46,49)(H,47,48)(H,50,56)(H,51,57)/t26?,27?,36-,37-,38-,45?/m0/s1. The Balaban J connectivity index is 1.01. The Bertz CT molecular complexity index is 2310. The number of ether oxygens (including phenoxy) is 2. The Morgan fingerprint density at radius 1 is 0.898 bits per heavy atom. The van der Waals surface area contributed by atoms with Gasteiger partial charge in [0.15, 0.2) is 0 Å². The number of alkyl carbamates (subject to hydrolysis) is 2. The largest absolute Gasteiger partial charge is 0.453 e. The highest BCUT2D eigenvalue weighted by molar-refractivity contribution is 5.91. The van der Waals surface area contributed by atoms with Gasteiger partial charge in [-0.3, -0.25) is 9.59 Å². The van der Waals surface area contributed by atoms with Crippen LogP contribution in [0.5, 0.6) is 0 Å². The summed E-state index contributed by atoms with van der Waals surface area (Å²) in [6, 6.07) is 11.3. The molecule has 2 aliphatic carbocycles. The van der Waals surface area contributed by atoms with E-state index in [0.717, 1.165) is 78.0 Å². The number of H-pyrrole nitrogens is 2. The summed E-state index contributed by atoms with van der Waals surface area (Å²) in [7, 11) is 2.61. The molecule has 2 aliphatic heterocycles. The van der Waals surface area contributed by atoms with E-state index in [1.54, 1.807) is 0 Å². The predicted molar refractivity (Wildman–Crippen MR) is 224 cm³/mol. The lowest BCUT2D eigenvalue weighted by Crippen LogP contribution is -2.56. The van der Waals surface area contributed by atoms with E-state index in [9.17, 15) is 19.2 Å². The van der Waals surface area contributed by atoms with E-state index < -0.39 is 29.8 Å². The molecular weight excluding hydrogens is 749 g/mol. The fraction of sp³-hybridized carbons (Fsp3) is 0.511. The molecule has 2 aromatic heterocycles. The molecule has 1 saturated carbocycles. The number of hydrogen-bond donors (Lipinski definition) is 4. The second-order valence-corrected chi connectivity index (χ2v) is 17.6. The van der Waals surface area contributed by atoms with Crippen molar-refractivity contribution in [2.75, 3.05) is 27.3 Å². The number of imidazole rings is 2. The van der Waals surface area contributed by atoms with Crippen molar-refractivity contribution in [1.82, 2.24) is 40.4 Å². The zero-order chi connectivity index (χ0) is 41.7. The highest BCUT2D eigenvalue weighted by atomic mass is 16.5. The lowest BCUT2D eigenvalue weighted by molar-refractivity contribution is -0.140. The van der Waals surface area contributed by atoms with Crippen LogP contribution in [0.2, 0.25) is 0 Å². The number of hydrogen-bond acceptors (Lipinski definition) is 8. The van der Waals surface area contributed by atoms with E-state index in [1.807, 2.05) is 49.8 Å². The number of carbonyl (C=O) groups excluding carboxylic acids is 4. The fourth-order valence-electron chi connectivity index (χ4n) is 9.94. The number of amides is 4. The van der Waals surface area contributed by atoms with Crippen LogP contribution in [0.1, 0.15) is 101 Å². The maximum atomic E-state index is 14.0. The molecule has 0 radical (unpaired) electrons. The quantitative estimate of drug-likeness (QED) is 0.133. The van der Waals surface area contributed by atoms with Crippen LogP contribution >= 0.6 is 0 Å². The monoisotopic (exact) mass is 804 g/mol. The summed E-state index contributed by atoms with van der Waals surface area (Å²) < 4.78 is 9.63. The lowest BCUT2D eigenvalue weighted by atomic mass is 9.81. The zero-order valence-corrected chi connectivity index (χ0v) is 35.1.